The third-order valence-electron chi connectivity index (χ3n) is 3.36. The second-order valence-electron chi connectivity index (χ2n) is 4.58. The van der Waals surface area contributed by atoms with Crippen LogP contribution < -0.4 is 0 Å². The van der Waals surface area contributed by atoms with Crippen molar-refractivity contribution in [3.8, 4) is 11.1 Å². The predicted octanol–water partition coefficient (Wildman–Crippen LogP) is 4.37. The first-order valence-corrected chi connectivity index (χ1v) is 6.50. The van der Waals surface area contributed by atoms with Crippen LogP contribution in [0.4, 0.5) is 0 Å². The van der Waals surface area contributed by atoms with Gasteiger partial charge in [-0.25, -0.2) is 0 Å². The second-order valence-corrected chi connectivity index (χ2v) is 4.58. The van der Waals surface area contributed by atoms with E-state index in [4.69, 9.17) is 0 Å². The van der Waals surface area contributed by atoms with Gasteiger partial charge < -0.3 is 0 Å². The number of rotatable bonds is 3. The normalized spacial score (nSPS) is 10.8. The molecule has 0 atom stereocenters. The first kappa shape index (κ1) is 11.7. The van der Waals surface area contributed by atoms with Crippen LogP contribution in [0.15, 0.2) is 55.2 Å². The lowest BCUT2D eigenvalue weighted by molar-refractivity contribution is 0.668. The molecule has 0 saturated heterocycles. The number of benzene rings is 2. The van der Waals surface area contributed by atoms with Crippen molar-refractivity contribution in [3.05, 3.63) is 60.8 Å². The van der Waals surface area contributed by atoms with Gasteiger partial charge in [-0.15, -0.1) is 0 Å². The van der Waals surface area contributed by atoms with E-state index in [0.29, 0.717) is 0 Å². The highest BCUT2D eigenvalue weighted by molar-refractivity contribution is 5.84. The zero-order chi connectivity index (χ0) is 13.2. The fourth-order valence-electron chi connectivity index (χ4n) is 2.23. The third-order valence-corrected chi connectivity index (χ3v) is 3.36. The molecular formula is C17H16N2. The molecule has 2 heteroatoms. The molecule has 0 saturated carbocycles. The van der Waals surface area contributed by atoms with Crippen molar-refractivity contribution in [1.29, 1.82) is 0 Å². The molecule has 3 rings (SSSR count). The molecule has 0 radical (unpaired) electrons. The first-order valence-electron chi connectivity index (χ1n) is 6.50. The molecule has 0 amide bonds. The number of fused-ring (bicyclic) bond motifs is 1. The summed E-state index contributed by atoms with van der Waals surface area (Å²) < 4.78 is 1.97. The van der Waals surface area contributed by atoms with Crippen molar-refractivity contribution < 1.29 is 0 Å². The van der Waals surface area contributed by atoms with Gasteiger partial charge in [-0.2, -0.15) is 5.10 Å². The van der Waals surface area contributed by atoms with Crippen LogP contribution in [0, 0.1) is 0 Å². The van der Waals surface area contributed by atoms with Gasteiger partial charge in [0.1, 0.15) is 0 Å². The molecule has 0 unspecified atom stereocenters. The minimum atomic E-state index is 0.901. The maximum atomic E-state index is 4.50. The van der Waals surface area contributed by atoms with E-state index in [9.17, 15) is 0 Å². The summed E-state index contributed by atoms with van der Waals surface area (Å²) >= 11 is 0. The average molecular weight is 248 g/mol. The summed E-state index contributed by atoms with van der Waals surface area (Å²) in [4.78, 5) is 0. The minimum Gasteiger partial charge on any atom is -0.272 e. The lowest BCUT2D eigenvalue weighted by Crippen LogP contribution is -1.92. The van der Waals surface area contributed by atoms with Gasteiger partial charge in [0.05, 0.1) is 5.52 Å². The number of hydrogen-bond acceptors (Lipinski definition) is 1. The SMILES string of the molecule is C=Cc1ccc(-c2ccc3nn(CC)cc3c2)cc1. The lowest BCUT2D eigenvalue weighted by Gasteiger charge is -2.02. The summed E-state index contributed by atoms with van der Waals surface area (Å²) in [6.45, 7) is 6.77. The average Bonchev–Trinajstić information content (AvgIpc) is 2.89. The fourth-order valence-corrected chi connectivity index (χ4v) is 2.23. The maximum absolute atomic E-state index is 4.50. The Morgan fingerprint density at radius 1 is 1.11 bits per heavy atom. The molecule has 2 nitrogen and oxygen atoms in total. The Morgan fingerprint density at radius 2 is 1.84 bits per heavy atom. The van der Waals surface area contributed by atoms with Gasteiger partial charge in [0.25, 0.3) is 0 Å². The highest BCUT2D eigenvalue weighted by atomic mass is 15.3. The summed E-state index contributed by atoms with van der Waals surface area (Å²) in [5.74, 6) is 0. The van der Waals surface area contributed by atoms with Gasteiger partial charge >= 0.3 is 0 Å². The van der Waals surface area contributed by atoms with Crippen molar-refractivity contribution in [3.63, 3.8) is 0 Å². The molecule has 0 aliphatic carbocycles. The molecule has 1 heterocycles. The Hall–Kier alpha value is -2.35. The summed E-state index contributed by atoms with van der Waals surface area (Å²) in [5, 5.41) is 5.68. The summed E-state index contributed by atoms with van der Waals surface area (Å²) in [5.41, 5.74) is 4.63. The van der Waals surface area contributed by atoms with Crippen LogP contribution >= 0.6 is 0 Å². The Morgan fingerprint density at radius 3 is 2.53 bits per heavy atom. The lowest BCUT2D eigenvalue weighted by atomic mass is 10.0. The molecule has 0 spiro atoms. The number of aromatic nitrogens is 2. The minimum absolute atomic E-state index is 0.901. The van der Waals surface area contributed by atoms with Crippen LogP contribution in [0.5, 0.6) is 0 Å². The van der Waals surface area contributed by atoms with Gasteiger partial charge in [0.2, 0.25) is 0 Å². The molecule has 1 aromatic heterocycles. The van der Waals surface area contributed by atoms with Crippen molar-refractivity contribution in [1.82, 2.24) is 9.78 Å². The standard InChI is InChI=1S/C17H16N2/c1-3-13-5-7-14(8-6-13)15-9-10-17-16(11-15)12-19(4-2)18-17/h3,5-12H,1,4H2,2H3. The van der Waals surface area contributed by atoms with Gasteiger partial charge in [-0.1, -0.05) is 43.0 Å². The molecule has 2 aromatic carbocycles. The smallest absolute Gasteiger partial charge is 0.0923 e. The van der Waals surface area contributed by atoms with E-state index in [1.54, 1.807) is 0 Å². The monoisotopic (exact) mass is 248 g/mol. The van der Waals surface area contributed by atoms with Gasteiger partial charge in [-0.05, 0) is 35.7 Å². The molecule has 0 N–H and O–H groups in total. The fraction of sp³-hybridized carbons (Fsp3) is 0.118. The van der Waals surface area contributed by atoms with E-state index in [1.807, 2.05) is 10.8 Å². The van der Waals surface area contributed by atoms with Crippen LogP contribution in [0.1, 0.15) is 12.5 Å². The molecular weight excluding hydrogens is 232 g/mol. The molecule has 94 valence electrons. The summed E-state index contributed by atoms with van der Waals surface area (Å²) in [6, 6.07) is 14.8. The Balaban J connectivity index is 2.05. The predicted molar refractivity (Wildman–Crippen MR) is 80.9 cm³/mol. The third kappa shape index (κ3) is 2.17. The van der Waals surface area contributed by atoms with Crippen LogP contribution in [-0.2, 0) is 6.54 Å². The van der Waals surface area contributed by atoms with Gasteiger partial charge in [0, 0.05) is 18.1 Å². The molecule has 3 aromatic rings. The topological polar surface area (TPSA) is 17.8 Å². The highest BCUT2D eigenvalue weighted by Gasteiger charge is 2.03. The highest BCUT2D eigenvalue weighted by Crippen LogP contribution is 2.24. The van der Waals surface area contributed by atoms with E-state index in [2.05, 4.69) is 67.3 Å². The van der Waals surface area contributed by atoms with Crippen LogP contribution in [-0.4, -0.2) is 9.78 Å². The van der Waals surface area contributed by atoms with Crippen molar-refractivity contribution in [2.24, 2.45) is 0 Å². The van der Waals surface area contributed by atoms with E-state index in [1.165, 1.54) is 16.5 Å². The van der Waals surface area contributed by atoms with Crippen molar-refractivity contribution in [2.75, 3.05) is 0 Å². The van der Waals surface area contributed by atoms with E-state index >= 15 is 0 Å². The summed E-state index contributed by atoms with van der Waals surface area (Å²) in [6.07, 6.45) is 3.95. The second kappa shape index (κ2) is 4.73. The van der Waals surface area contributed by atoms with E-state index in [-0.39, 0.29) is 0 Å². The van der Waals surface area contributed by atoms with Crippen LogP contribution in [0.2, 0.25) is 0 Å². The molecule has 0 fully saturated rings. The molecule has 0 aliphatic heterocycles. The van der Waals surface area contributed by atoms with Gasteiger partial charge in [0.15, 0.2) is 0 Å². The van der Waals surface area contributed by atoms with Crippen molar-refractivity contribution in [2.45, 2.75) is 13.5 Å². The number of hydrogen-bond donors (Lipinski definition) is 0. The Labute approximate surface area is 113 Å². The zero-order valence-electron chi connectivity index (χ0n) is 11.0. The summed E-state index contributed by atoms with van der Waals surface area (Å²) in [7, 11) is 0. The van der Waals surface area contributed by atoms with Crippen molar-refractivity contribution >= 4 is 17.0 Å². The Kier molecular flexibility index (Phi) is 2.92. The van der Waals surface area contributed by atoms with E-state index < -0.39 is 0 Å². The molecule has 19 heavy (non-hydrogen) atoms. The molecule has 0 bridgehead atoms. The maximum Gasteiger partial charge on any atom is 0.0923 e. The van der Waals surface area contributed by atoms with Crippen LogP contribution in [0.3, 0.4) is 0 Å². The number of aryl methyl sites for hydroxylation is 1. The Bertz CT molecular complexity index is 721. The molecule has 0 aliphatic rings. The van der Waals surface area contributed by atoms with Gasteiger partial charge in [-0.3, -0.25) is 4.68 Å². The number of nitrogens with zero attached hydrogens (tertiary/aromatic N) is 2. The first-order chi connectivity index (χ1) is 9.30. The van der Waals surface area contributed by atoms with E-state index in [0.717, 1.165) is 17.6 Å². The quantitative estimate of drug-likeness (QED) is 0.673. The van der Waals surface area contributed by atoms with Crippen LogP contribution in [0.25, 0.3) is 28.1 Å². The zero-order valence-corrected chi connectivity index (χ0v) is 11.0. The largest absolute Gasteiger partial charge is 0.272 e.